The van der Waals surface area contributed by atoms with Gasteiger partial charge >= 0.3 is 0 Å². The number of aryl methyl sites for hydroxylation is 1. The number of rotatable bonds is 8. The lowest BCUT2D eigenvalue weighted by molar-refractivity contribution is -0.135. The summed E-state index contributed by atoms with van der Waals surface area (Å²) in [6, 6.07) is 7.99. The summed E-state index contributed by atoms with van der Waals surface area (Å²) in [4.78, 5) is 18.8. The molecule has 0 saturated carbocycles. The van der Waals surface area contributed by atoms with E-state index in [-0.39, 0.29) is 11.8 Å². The van der Waals surface area contributed by atoms with Crippen LogP contribution in [0.2, 0.25) is 0 Å². The van der Waals surface area contributed by atoms with E-state index in [1.54, 1.807) is 11.3 Å². The van der Waals surface area contributed by atoms with Crippen LogP contribution in [0.1, 0.15) is 43.5 Å². The number of hydrogen-bond donors (Lipinski definition) is 0. The van der Waals surface area contributed by atoms with E-state index in [2.05, 4.69) is 18.8 Å². The van der Waals surface area contributed by atoms with Gasteiger partial charge in [0.15, 0.2) is 0 Å². The lowest BCUT2D eigenvalue weighted by Gasteiger charge is -2.23. The van der Waals surface area contributed by atoms with E-state index in [1.807, 2.05) is 48.4 Å². The number of benzene rings is 1. The number of ether oxygens (including phenoxy) is 1. The first-order chi connectivity index (χ1) is 11.5. The fourth-order valence-electron chi connectivity index (χ4n) is 2.37. The molecule has 0 radical (unpaired) electrons. The average Bonchev–Trinajstić information content (AvgIpc) is 3.00. The van der Waals surface area contributed by atoms with Gasteiger partial charge in [0.1, 0.15) is 17.4 Å². The first-order valence-corrected chi connectivity index (χ1v) is 9.29. The van der Waals surface area contributed by atoms with Crippen molar-refractivity contribution in [3.05, 3.63) is 45.9 Å². The van der Waals surface area contributed by atoms with Gasteiger partial charge < -0.3 is 9.64 Å². The Morgan fingerprint density at radius 2 is 2.00 bits per heavy atom. The van der Waals surface area contributed by atoms with Gasteiger partial charge in [0, 0.05) is 17.8 Å². The molecule has 1 aromatic heterocycles. The lowest BCUT2D eigenvalue weighted by atomic mass is 10.2. The molecule has 1 heterocycles. The molecular weight excluding hydrogens is 320 g/mol. The third-order valence-corrected chi connectivity index (χ3v) is 4.51. The molecule has 0 N–H and O–H groups in total. The van der Waals surface area contributed by atoms with Gasteiger partial charge in [-0.2, -0.15) is 0 Å². The summed E-state index contributed by atoms with van der Waals surface area (Å²) in [5.41, 5.74) is 2.15. The molecule has 1 aromatic carbocycles. The maximum absolute atomic E-state index is 12.3. The second kappa shape index (κ2) is 8.83. The van der Waals surface area contributed by atoms with Crippen molar-refractivity contribution in [1.29, 1.82) is 0 Å². The molecule has 0 unspecified atom stereocenters. The molecule has 0 fully saturated rings. The highest BCUT2D eigenvalue weighted by molar-refractivity contribution is 7.09. The zero-order valence-corrected chi connectivity index (χ0v) is 15.7. The highest BCUT2D eigenvalue weighted by Gasteiger charge is 2.17. The first kappa shape index (κ1) is 18.5. The minimum absolute atomic E-state index is 0.0135. The second-order valence-corrected chi connectivity index (χ2v) is 7.19. The fourth-order valence-corrected chi connectivity index (χ4v) is 3.06. The summed E-state index contributed by atoms with van der Waals surface area (Å²) in [6.45, 7) is 9.81. The number of carbonyl (C=O) groups is 1. The summed E-state index contributed by atoms with van der Waals surface area (Å²) in [5, 5.41) is 2.95. The molecule has 0 spiro atoms. The quantitative estimate of drug-likeness (QED) is 0.710. The van der Waals surface area contributed by atoms with Gasteiger partial charge in [-0.15, -0.1) is 11.3 Å². The molecule has 5 heteroatoms. The number of thiazole rings is 1. The number of hydrogen-bond acceptors (Lipinski definition) is 4. The summed E-state index contributed by atoms with van der Waals surface area (Å²) >= 11 is 1.58. The maximum Gasteiger partial charge on any atom is 0.225 e. The van der Waals surface area contributed by atoms with Crippen molar-refractivity contribution in [1.82, 2.24) is 9.88 Å². The number of nitrogens with zero attached hydrogens (tertiary/aromatic N) is 2. The Kier molecular flexibility index (Phi) is 6.79. The summed E-state index contributed by atoms with van der Waals surface area (Å²) < 4.78 is 5.77. The van der Waals surface area contributed by atoms with Crippen molar-refractivity contribution in [3.8, 4) is 5.75 Å². The molecule has 2 aromatic rings. The van der Waals surface area contributed by atoms with Gasteiger partial charge in [0.05, 0.1) is 12.2 Å². The van der Waals surface area contributed by atoms with E-state index >= 15 is 0 Å². The Hall–Kier alpha value is -1.88. The van der Waals surface area contributed by atoms with Crippen molar-refractivity contribution in [2.24, 2.45) is 5.92 Å². The monoisotopic (exact) mass is 346 g/mol. The normalized spacial score (nSPS) is 10.9. The van der Waals surface area contributed by atoms with Gasteiger partial charge in [-0.1, -0.05) is 38.5 Å². The molecule has 4 nitrogen and oxygen atoms in total. The molecule has 24 heavy (non-hydrogen) atoms. The van der Waals surface area contributed by atoms with Crippen molar-refractivity contribution in [2.45, 2.75) is 47.3 Å². The topological polar surface area (TPSA) is 42.4 Å². The van der Waals surface area contributed by atoms with Crippen molar-refractivity contribution in [3.63, 3.8) is 0 Å². The van der Waals surface area contributed by atoms with Gasteiger partial charge in [0.2, 0.25) is 5.91 Å². The van der Waals surface area contributed by atoms with Crippen LogP contribution >= 0.6 is 11.3 Å². The van der Waals surface area contributed by atoms with Crippen molar-refractivity contribution >= 4 is 17.2 Å². The minimum Gasteiger partial charge on any atom is -0.486 e. The second-order valence-electron chi connectivity index (χ2n) is 6.25. The fraction of sp³-hybridized carbons (Fsp3) is 0.474. The SMILES string of the molecule is CCCN(Cc1csc(COc2ccc(C)cc2)n1)C(=O)C(C)C. The molecule has 0 atom stereocenters. The van der Waals surface area contributed by atoms with Crippen LogP contribution in [-0.2, 0) is 17.9 Å². The van der Waals surface area contributed by atoms with Crippen LogP contribution in [0.3, 0.4) is 0 Å². The van der Waals surface area contributed by atoms with Crippen LogP contribution in [0.5, 0.6) is 5.75 Å². The molecular formula is C19H26N2O2S. The van der Waals surface area contributed by atoms with E-state index in [0.29, 0.717) is 13.2 Å². The molecule has 0 aliphatic carbocycles. The van der Waals surface area contributed by atoms with E-state index < -0.39 is 0 Å². The number of amides is 1. The Morgan fingerprint density at radius 1 is 1.29 bits per heavy atom. The van der Waals surface area contributed by atoms with Crippen LogP contribution in [0, 0.1) is 12.8 Å². The maximum atomic E-state index is 12.3. The Labute approximate surface area is 148 Å². The van der Waals surface area contributed by atoms with E-state index in [9.17, 15) is 4.79 Å². The largest absolute Gasteiger partial charge is 0.486 e. The molecule has 0 aliphatic heterocycles. The number of aromatic nitrogens is 1. The van der Waals surface area contributed by atoms with Gasteiger partial charge in [0.25, 0.3) is 0 Å². The molecule has 1 amide bonds. The van der Waals surface area contributed by atoms with Crippen LogP contribution < -0.4 is 4.74 Å². The Morgan fingerprint density at radius 3 is 2.62 bits per heavy atom. The predicted molar refractivity (Wildman–Crippen MR) is 98.2 cm³/mol. The van der Waals surface area contributed by atoms with Gasteiger partial charge in [-0.3, -0.25) is 4.79 Å². The molecule has 130 valence electrons. The molecule has 0 aliphatic rings. The average molecular weight is 346 g/mol. The van der Waals surface area contributed by atoms with Gasteiger partial charge in [-0.25, -0.2) is 4.98 Å². The van der Waals surface area contributed by atoms with Crippen LogP contribution in [0.25, 0.3) is 0 Å². The van der Waals surface area contributed by atoms with Crippen LogP contribution in [0.4, 0.5) is 0 Å². The minimum atomic E-state index is 0.0135. The van der Waals surface area contributed by atoms with Crippen LogP contribution in [0.15, 0.2) is 29.6 Å². The van der Waals surface area contributed by atoms with E-state index in [0.717, 1.165) is 29.4 Å². The zero-order chi connectivity index (χ0) is 17.5. The Bertz CT molecular complexity index is 650. The van der Waals surface area contributed by atoms with Gasteiger partial charge in [-0.05, 0) is 25.5 Å². The van der Waals surface area contributed by atoms with Crippen LogP contribution in [-0.4, -0.2) is 22.3 Å². The van der Waals surface area contributed by atoms with Crippen molar-refractivity contribution in [2.75, 3.05) is 6.54 Å². The highest BCUT2D eigenvalue weighted by Crippen LogP contribution is 2.17. The third-order valence-electron chi connectivity index (χ3n) is 3.63. The summed E-state index contributed by atoms with van der Waals surface area (Å²) in [6.07, 6.45) is 0.950. The first-order valence-electron chi connectivity index (χ1n) is 8.41. The predicted octanol–water partition coefficient (Wildman–Crippen LogP) is 4.43. The standard InChI is InChI=1S/C19H26N2O2S/c1-5-10-21(19(22)14(2)3)11-16-13-24-18(20-16)12-23-17-8-6-15(4)7-9-17/h6-9,13-14H,5,10-12H2,1-4H3. The summed E-state index contributed by atoms with van der Waals surface area (Å²) in [7, 11) is 0. The Balaban J connectivity index is 1.93. The van der Waals surface area contributed by atoms with E-state index in [1.165, 1.54) is 5.56 Å². The highest BCUT2D eigenvalue weighted by atomic mass is 32.1. The summed E-state index contributed by atoms with van der Waals surface area (Å²) in [5.74, 6) is 1.04. The zero-order valence-electron chi connectivity index (χ0n) is 14.9. The number of carbonyl (C=O) groups excluding carboxylic acids is 1. The lowest BCUT2D eigenvalue weighted by Crippen LogP contribution is -2.34. The molecule has 0 saturated heterocycles. The third kappa shape index (κ3) is 5.34. The molecule has 0 bridgehead atoms. The smallest absolute Gasteiger partial charge is 0.225 e. The molecule has 2 rings (SSSR count). The van der Waals surface area contributed by atoms with Crippen molar-refractivity contribution < 1.29 is 9.53 Å². The van der Waals surface area contributed by atoms with E-state index in [4.69, 9.17) is 4.74 Å².